The fourth-order valence-electron chi connectivity index (χ4n) is 1.97. The zero-order valence-corrected chi connectivity index (χ0v) is 11.3. The summed E-state index contributed by atoms with van der Waals surface area (Å²) < 4.78 is 6.43. The first kappa shape index (κ1) is 13.9. The lowest BCUT2D eigenvalue weighted by Gasteiger charge is -2.07. The molecular weight excluding hydrogens is 260 g/mol. The number of nitrogens with zero attached hydrogens (tertiary/aromatic N) is 2. The number of hydrogen-bond donors (Lipinski definition) is 2. The van der Waals surface area contributed by atoms with E-state index in [9.17, 15) is 9.59 Å². The molecule has 0 saturated heterocycles. The van der Waals surface area contributed by atoms with Crippen LogP contribution in [0.3, 0.4) is 0 Å². The van der Waals surface area contributed by atoms with E-state index in [1.807, 2.05) is 11.5 Å². The van der Waals surface area contributed by atoms with Crippen molar-refractivity contribution in [1.29, 1.82) is 0 Å². The first-order valence-electron chi connectivity index (χ1n) is 6.22. The van der Waals surface area contributed by atoms with Gasteiger partial charge in [-0.3, -0.25) is 10.1 Å². The van der Waals surface area contributed by atoms with Crippen LogP contribution >= 0.6 is 0 Å². The second-order valence-electron chi connectivity index (χ2n) is 4.27. The lowest BCUT2D eigenvalue weighted by atomic mass is 10.2. The third-order valence-electron chi connectivity index (χ3n) is 2.88. The summed E-state index contributed by atoms with van der Waals surface area (Å²) in [5.74, 6) is -0.130. The highest BCUT2D eigenvalue weighted by Gasteiger charge is 2.14. The maximum absolute atomic E-state index is 11.3. The van der Waals surface area contributed by atoms with Gasteiger partial charge in [0.15, 0.2) is 0 Å². The van der Waals surface area contributed by atoms with Gasteiger partial charge in [-0.05, 0) is 24.6 Å². The second kappa shape index (κ2) is 5.60. The summed E-state index contributed by atoms with van der Waals surface area (Å²) in [7, 11) is 1.29. The Hall–Kier alpha value is -2.57. The third kappa shape index (κ3) is 2.56. The van der Waals surface area contributed by atoms with Gasteiger partial charge in [0.05, 0.1) is 18.1 Å². The first-order chi connectivity index (χ1) is 9.56. The number of anilines is 1. The smallest absolute Gasteiger partial charge is 0.413 e. The molecule has 7 heteroatoms. The van der Waals surface area contributed by atoms with E-state index in [2.05, 4.69) is 15.0 Å². The van der Waals surface area contributed by atoms with Crippen LogP contribution in [0.25, 0.3) is 11.0 Å². The van der Waals surface area contributed by atoms with Crippen molar-refractivity contribution in [2.45, 2.75) is 19.9 Å². The Bertz CT molecular complexity index is 663. The Kier molecular flexibility index (Phi) is 3.88. The Morgan fingerprint density at radius 3 is 2.80 bits per heavy atom. The van der Waals surface area contributed by atoms with Gasteiger partial charge in [0.1, 0.15) is 0 Å². The van der Waals surface area contributed by atoms with Crippen molar-refractivity contribution in [1.82, 2.24) is 9.55 Å². The average Bonchev–Trinajstić information content (AvgIpc) is 2.76. The van der Waals surface area contributed by atoms with Crippen LogP contribution in [0.4, 0.5) is 10.7 Å². The van der Waals surface area contributed by atoms with Gasteiger partial charge in [-0.1, -0.05) is 6.92 Å². The van der Waals surface area contributed by atoms with E-state index >= 15 is 0 Å². The summed E-state index contributed by atoms with van der Waals surface area (Å²) in [5.41, 5.74) is 7.05. The number of aryl methyl sites for hydroxylation is 1. The van der Waals surface area contributed by atoms with Crippen molar-refractivity contribution in [3.63, 3.8) is 0 Å². The summed E-state index contributed by atoms with van der Waals surface area (Å²) >= 11 is 0. The van der Waals surface area contributed by atoms with E-state index in [0.717, 1.165) is 11.9 Å². The molecule has 0 saturated carbocycles. The Balaban J connectivity index is 2.52. The molecule has 106 valence electrons. The van der Waals surface area contributed by atoms with Gasteiger partial charge in [-0.15, -0.1) is 0 Å². The highest BCUT2D eigenvalue weighted by atomic mass is 16.5. The maximum Gasteiger partial charge on any atom is 0.413 e. The molecular formula is C13H16N4O3. The van der Waals surface area contributed by atoms with Crippen LogP contribution < -0.4 is 11.1 Å². The molecule has 2 amide bonds. The normalized spacial score (nSPS) is 10.5. The number of nitrogens with one attached hydrogen (secondary N) is 1. The number of carbonyl (C=O) groups is 2. The van der Waals surface area contributed by atoms with Crippen LogP contribution in [0, 0.1) is 0 Å². The monoisotopic (exact) mass is 276 g/mol. The van der Waals surface area contributed by atoms with Crippen LogP contribution in [0.15, 0.2) is 18.2 Å². The standard InChI is InChI=1S/C13H16N4O3/c1-3-6-17-10-5-4-8(11(14)18)7-9(10)15-12(17)16-13(19)20-2/h4-5,7H,3,6H2,1-2H3,(H2,14,18)(H,15,16,19). The van der Waals surface area contributed by atoms with E-state index < -0.39 is 12.0 Å². The van der Waals surface area contributed by atoms with Crippen molar-refractivity contribution in [2.24, 2.45) is 5.73 Å². The summed E-state index contributed by atoms with van der Waals surface area (Å²) in [6.07, 6.45) is 0.284. The molecule has 1 aromatic heterocycles. The maximum atomic E-state index is 11.3. The molecule has 0 atom stereocenters. The molecule has 0 spiro atoms. The highest BCUT2D eigenvalue weighted by Crippen LogP contribution is 2.21. The van der Waals surface area contributed by atoms with E-state index in [1.54, 1.807) is 18.2 Å². The molecule has 1 aromatic carbocycles. The molecule has 0 aliphatic rings. The fraction of sp³-hybridized carbons (Fsp3) is 0.308. The molecule has 0 radical (unpaired) electrons. The Morgan fingerprint density at radius 1 is 1.45 bits per heavy atom. The van der Waals surface area contributed by atoms with Gasteiger partial charge >= 0.3 is 6.09 Å². The molecule has 2 aromatic rings. The average molecular weight is 276 g/mol. The largest absolute Gasteiger partial charge is 0.453 e. The molecule has 0 bridgehead atoms. The van der Waals surface area contributed by atoms with Crippen molar-refractivity contribution in [3.8, 4) is 0 Å². The number of hydrogen-bond acceptors (Lipinski definition) is 4. The van der Waals surface area contributed by atoms with Crippen LogP contribution in [0.5, 0.6) is 0 Å². The van der Waals surface area contributed by atoms with Gasteiger partial charge in [-0.2, -0.15) is 0 Å². The number of nitrogens with two attached hydrogens (primary N) is 1. The lowest BCUT2D eigenvalue weighted by molar-refractivity contribution is 0.100. The number of aromatic nitrogens is 2. The van der Waals surface area contributed by atoms with E-state index in [-0.39, 0.29) is 0 Å². The predicted molar refractivity (Wildman–Crippen MR) is 74.6 cm³/mol. The molecule has 0 fully saturated rings. The van der Waals surface area contributed by atoms with Crippen molar-refractivity contribution in [2.75, 3.05) is 12.4 Å². The molecule has 0 unspecified atom stereocenters. The van der Waals surface area contributed by atoms with Crippen LogP contribution in [-0.2, 0) is 11.3 Å². The van der Waals surface area contributed by atoms with Gasteiger partial charge in [0.25, 0.3) is 0 Å². The number of carbonyl (C=O) groups excluding carboxylic acids is 2. The molecule has 0 aliphatic carbocycles. The summed E-state index contributed by atoms with van der Waals surface area (Å²) in [4.78, 5) is 26.8. The number of methoxy groups -OCH3 is 1. The number of fused-ring (bicyclic) bond motifs is 1. The minimum atomic E-state index is -0.590. The number of imidazole rings is 1. The number of ether oxygens (including phenoxy) is 1. The zero-order valence-electron chi connectivity index (χ0n) is 11.3. The number of primary amides is 1. The van der Waals surface area contributed by atoms with Gasteiger partial charge in [0.2, 0.25) is 11.9 Å². The fourth-order valence-corrected chi connectivity index (χ4v) is 1.97. The van der Waals surface area contributed by atoms with Gasteiger partial charge in [0, 0.05) is 12.1 Å². The van der Waals surface area contributed by atoms with E-state index in [0.29, 0.717) is 23.6 Å². The minimum absolute atomic E-state index is 0.378. The van der Waals surface area contributed by atoms with Crippen molar-refractivity contribution >= 4 is 29.0 Å². The summed E-state index contributed by atoms with van der Waals surface area (Å²) in [5, 5.41) is 2.56. The SMILES string of the molecule is CCCn1c(NC(=O)OC)nc2cc(C(N)=O)ccc21. The Labute approximate surface area is 115 Å². The number of rotatable bonds is 4. The molecule has 0 aliphatic heterocycles. The second-order valence-corrected chi connectivity index (χ2v) is 4.27. The van der Waals surface area contributed by atoms with Crippen LogP contribution in [0.1, 0.15) is 23.7 Å². The number of benzene rings is 1. The van der Waals surface area contributed by atoms with E-state index in [1.165, 1.54) is 7.11 Å². The van der Waals surface area contributed by atoms with E-state index in [4.69, 9.17) is 5.73 Å². The minimum Gasteiger partial charge on any atom is -0.453 e. The van der Waals surface area contributed by atoms with Crippen molar-refractivity contribution < 1.29 is 14.3 Å². The van der Waals surface area contributed by atoms with Gasteiger partial charge < -0.3 is 15.0 Å². The molecule has 1 heterocycles. The summed E-state index contributed by atoms with van der Waals surface area (Å²) in [6.45, 7) is 2.71. The predicted octanol–water partition coefficient (Wildman–Crippen LogP) is 1.72. The lowest BCUT2D eigenvalue weighted by Crippen LogP contribution is -2.15. The van der Waals surface area contributed by atoms with Crippen LogP contribution in [-0.4, -0.2) is 28.7 Å². The quantitative estimate of drug-likeness (QED) is 0.888. The third-order valence-corrected chi connectivity index (χ3v) is 2.88. The number of amides is 2. The molecule has 7 nitrogen and oxygen atoms in total. The Morgan fingerprint density at radius 2 is 2.20 bits per heavy atom. The van der Waals surface area contributed by atoms with Gasteiger partial charge in [-0.25, -0.2) is 9.78 Å². The molecule has 20 heavy (non-hydrogen) atoms. The van der Waals surface area contributed by atoms with Crippen molar-refractivity contribution in [3.05, 3.63) is 23.8 Å². The summed E-state index contributed by atoms with van der Waals surface area (Å²) in [6, 6.07) is 5.01. The zero-order chi connectivity index (χ0) is 14.7. The first-order valence-corrected chi connectivity index (χ1v) is 6.22. The highest BCUT2D eigenvalue weighted by molar-refractivity contribution is 5.97. The molecule has 2 rings (SSSR count). The topological polar surface area (TPSA) is 99.2 Å². The molecule has 3 N–H and O–H groups in total. The van der Waals surface area contributed by atoms with Crippen LogP contribution in [0.2, 0.25) is 0 Å².